The number of halogens is 1. The number of aromatic nitrogens is 3. The smallest absolute Gasteiger partial charge is 0.153 e. The number of allylic oxidation sites excluding steroid dienone is 2. The number of aryl methyl sites for hydroxylation is 1. The van der Waals surface area contributed by atoms with E-state index in [1.165, 1.54) is 5.57 Å². The molecule has 0 N–H and O–H groups in total. The van der Waals surface area contributed by atoms with Gasteiger partial charge in [-0.15, -0.1) is 11.6 Å². The number of hydrogen-bond acceptors (Lipinski definition) is 2. The van der Waals surface area contributed by atoms with E-state index in [-0.39, 0.29) is 10.8 Å². The van der Waals surface area contributed by atoms with E-state index in [1.807, 2.05) is 7.05 Å². The zero-order chi connectivity index (χ0) is 11.1. The zero-order valence-corrected chi connectivity index (χ0v) is 10.1. The molecule has 1 atom stereocenters. The van der Waals surface area contributed by atoms with E-state index in [0.717, 1.165) is 18.7 Å². The van der Waals surface area contributed by atoms with Gasteiger partial charge in [-0.1, -0.05) is 19.9 Å². The zero-order valence-electron chi connectivity index (χ0n) is 9.37. The highest BCUT2D eigenvalue weighted by molar-refractivity contribution is 6.22. The van der Waals surface area contributed by atoms with E-state index in [0.29, 0.717) is 0 Å². The Bertz CT molecular complexity index is 392. The third kappa shape index (κ3) is 2.23. The maximum Gasteiger partial charge on any atom is 0.153 e. The first-order chi connectivity index (χ1) is 6.98. The van der Waals surface area contributed by atoms with Gasteiger partial charge in [0, 0.05) is 7.05 Å². The molecule has 4 heteroatoms. The summed E-state index contributed by atoms with van der Waals surface area (Å²) in [6.45, 7) is 4.48. The van der Waals surface area contributed by atoms with Gasteiger partial charge in [0.25, 0.3) is 0 Å². The maximum absolute atomic E-state index is 6.23. The molecule has 0 fully saturated rings. The maximum atomic E-state index is 6.23. The summed E-state index contributed by atoms with van der Waals surface area (Å²) in [6, 6.07) is 0. The van der Waals surface area contributed by atoms with Gasteiger partial charge in [0.15, 0.2) is 5.82 Å². The first-order valence-corrected chi connectivity index (χ1v) is 5.61. The largest absolute Gasteiger partial charge is 0.249 e. The van der Waals surface area contributed by atoms with Crippen LogP contribution < -0.4 is 0 Å². The van der Waals surface area contributed by atoms with Crippen LogP contribution in [0.1, 0.15) is 32.5 Å². The lowest BCUT2D eigenvalue weighted by Crippen LogP contribution is -2.22. The van der Waals surface area contributed by atoms with Crippen molar-refractivity contribution in [3.05, 3.63) is 18.2 Å². The van der Waals surface area contributed by atoms with Gasteiger partial charge in [-0.3, -0.25) is 0 Å². The minimum atomic E-state index is 0.112. The van der Waals surface area contributed by atoms with Crippen LogP contribution in [0.3, 0.4) is 0 Å². The average molecular weight is 226 g/mol. The Labute approximate surface area is 95.2 Å². The molecule has 0 radical (unpaired) electrons. The molecule has 0 saturated carbocycles. The molecule has 0 spiro atoms. The fraction of sp³-hybridized carbons (Fsp3) is 0.636. The van der Waals surface area contributed by atoms with Crippen molar-refractivity contribution in [2.24, 2.45) is 12.5 Å². The van der Waals surface area contributed by atoms with Gasteiger partial charge in [-0.25, -0.2) is 9.67 Å². The Kier molecular flexibility index (Phi) is 2.59. The van der Waals surface area contributed by atoms with Gasteiger partial charge in [0.1, 0.15) is 6.33 Å². The molecule has 1 heterocycles. The Morgan fingerprint density at radius 1 is 1.53 bits per heavy atom. The molecule has 1 aromatic rings. The van der Waals surface area contributed by atoms with E-state index in [2.05, 4.69) is 30.0 Å². The Hall–Kier alpha value is -0.830. The van der Waals surface area contributed by atoms with Crippen molar-refractivity contribution in [2.45, 2.75) is 32.1 Å². The molecule has 0 bridgehead atoms. The molecule has 15 heavy (non-hydrogen) atoms. The fourth-order valence-corrected chi connectivity index (χ4v) is 2.76. The van der Waals surface area contributed by atoms with Crippen LogP contribution in [0.15, 0.2) is 12.4 Å². The summed E-state index contributed by atoms with van der Waals surface area (Å²) in [4.78, 5) is 4.26. The molecule has 2 rings (SSSR count). The van der Waals surface area contributed by atoms with Crippen LogP contribution in [-0.2, 0) is 7.05 Å². The highest BCUT2D eigenvalue weighted by atomic mass is 35.5. The Morgan fingerprint density at radius 3 is 2.80 bits per heavy atom. The minimum Gasteiger partial charge on any atom is -0.249 e. The highest BCUT2D eigenvalue weighted by Gasteiger charge is 2.29. The van der Waals surface area contributed by atoms with E-state index in [4.69, 9.17) is 11.6 Å². The van der Waals surface area contributed by atoms with Crippen molar-refractivity contribution in [3.8, 4) is 0 Å². The van der Waals surface area contributed by atoms with Crippen LogP contribution >= 0.6 is 11.6 Å². The number of hydrogen-bond donors (Lipinski definition) is 0. The highest BCUT2D eigenvalue weighted by Crippen LogP contribution is 2.40. The predicted octanol–water partition coefficient (Wildman–Crippen LogP) is 2.63. The van der Waals surface area contributed by atoms with Gasteiger partial charge >= 0.3 is 0 Å². The third-order valence-electron chi connectivity index (χ3n) is 2.80. The molecular formula is C11H16ClN3. The Balaban J connectivity index is 2.34. The summed E-state index contributed by atoms with van der Waals surface area (Å²) in [6.07, 6.45) is 5.73. The van der Waals surface area contributed by atoms with E-state index in [1.54, 1.807) is 11.0 Å². The fourth-order valence-electron chi connectivity index (χ4n) is 2.19. The molecular weight excluding hydrogens is 210 g/mol. The number of rotatable bonds is 1. The predicted molar refractivity (Wildman–Crippen MR) is 61.6 cm³/mol. The quantitative estimate of drug-likeness (QED) is 0.688. The van der Waals surface area contributed by atoms with Crippen LogP contribution in [0.5, 0.6) is 0 Å². The molecule has 0 aromatic carbocycles. The van der Waals surface area contributed by atoms with Crippen LogP contribution in [0.4, 0.5) is 0 Å². The van der Waals surface area contributed by atoms with Crippen LogP contribution in [0.2, 0.25) is 0 Å². The van der Waals surface area contributed by atoms with Crippen LogP contribution in [0, 0.1) is 5.41 Å². The average Bonchev–Trinajstić information content (AvgIpc) is 2.47. The van der Waals surface area contributed by atoms with E-state index in [9.17, 15) is 0 Å². The Morgan fingerprint density at radius 2 is 2.27 bits per heavy atom. The van der Waals surface area contributed by atoms with E-state index >= 15 is 0 Å². The summed E-state index contributed by atoms with van der Waals surface area (Å²) in [5.74, 6) is 0.938. The molecule has 1 unspecified atom stereocenters. The van der Waals surface area contributed by atoms with Crippen molar-refractivity contribution in [2.75, 3.05) is 0 Å². The van der Waals surface area contributed by atoms with Crippen molar-refractivity contribution in [1.29, 1.82) is 0 Å². The first-order valence-electron chi connectivity index (χ1n) is 5.17. The third-order valence-corrected chi connectivity index (χ3v) is 3.08. The molecule has 1 aromatic heterocycles. The lowest BCUT2D eigenvalue weighted by Gasteiger charge is -2.31. The van der Waals surface area contributed by atoms with Crippen molar-refractivity contribution in [3.63, 3.8) is 0 Å². The molecule has 1 aliphatic rings. The second-order valence-corrected chi connectivity index (χ2v) is 5.52. The first kappa shape index (κ1) is 10.7. The van der Waals surface area contributed by atoms with Gasteiger partial charge < -0.3 is 0 Å². The monoisotopic (exact) mass is 225 g/mol. The van der Waals surface area contributed by atoms with Gasteiger partial charge in [0.2, 0.25) is 0 Å². The lowest BCUT2D eigenvalue weighted by molar-refractivity contribution is 0.339. The molecule has 1 aliphatic carbocycles. The molecule has 82 valence electrons. The standard InChI is InChI=1S/C11H16ClN3/c1-11(2)5-8(4-9(12)6-11)10-13-7-14-15(10)3/h4,7,9H,5-6H2,1-3H3. The number of alkyl halides is 1. The molecule has 3 nitrogen and oxygen atoms in total. The summed E-state index contributed by atoms with van der Waals surface area (Å²) >= 11 is 6.23. The second kappa shape index (κ2) is 3.63. The van der Waals surface area contributed by atoms with Crippen molar-refractivity contribution < 1.29 is 0 Å². The summed E-state index contributed by atoms with van der Waals surface area (Å²) in [5.41, 5.74) is 1.47. The molecule has 0 amide bonds. The van der Waals surface area contributed by atoms with Crippen LogP contribution in [-0.4, -0.2) is 20.1 Å². The summed E-state index contributed by atoms with van der Waals surface area (Å²) in [5, 5.41) is 4.20. The van der Waals surface area contributed by atoms with Gasteiger partial charge in [-0.05, 0) is 23.8 Å². The topological polar surface area (TPSA) is 30.7 Å². The molecule has 0 saturated heterocycles. The van der Waals surface area contributed by atoms with E-state index < -0.39 is 0 Å². The minimum absolute atomic E-state index is 0.112. The number of nitrogens with zero attached hydrogens (tertiary/aromatic N) is 3. The van der Waals surface area contributed by atoms with Crippen molar-refractivity contribution >= 4 is 17.2 Å². The van der Waals surface area contributed by atoms with Crippen molar-refractivity contribution in [1.82, 2.24) is 14.8 Å². The normalized spacial score (nSPS) is 25.1. The second-order valence-electron chi connectivity index (χ2n) is 4.96. The SMILES string of the molecule is Cn1ncnc1C1=CC(Cl)CC(C)(C)C1. The summed E-state index contributed by atoms with van der Waals surface area (Å²) in [7, 11) is 1.91. The molecule has 0 aliphatic heterocycles. The van der Waals surface area contributed by atoms with Gasteiger partial charge in [0.05, 0.1) is 5.38 Å². The summed E-state index contributed by atoms with van der Waals surface area (Å²) < 4.78 is 1.80. The van der Waals surface area contributed by atoms with Gasteiger partial charge in [-0.2, -0.15) is 5.10 Å². The lowest BCUT2D eigenvalue weighted by atomic mass is 9.77. The van der Waals surface area contributed by atoms with Crippen LogP contribution in [0.25, 0.3) is 5.57 Å².